The quantitative estimate of drug-likeness (QED) is 0.674. The van der Waals surface area contributed by atoms with Gasteiger partial charge in [0.1, 0.15) is 5.60 Å². The van der Waals surface area contributed by atoms with Crippen LogP contribution in [0.5, 0.6) is 0 Å². The second-order valence-corrected chi connectivity index (χ2v) is 6.68. The smallest absolute Gasteiger partial charge is 0.408 e. The maximum Gasteiger partial charge on any atom is 0.408 e. The zero-order chi connectivity index (χ0) is 19.7. The van der Waals surface area contributed by atoms with E-state index in [9.17, 15) is 14.7 Å². The van der Waals surface area contributed by atoms with Gasteiger partial charge in [0.05, 0.1) is 6.04 Å². The fourth-order valence-corrected chi connectivity index (χ4v) is 2.30. The molecule has 7 heteroatoms. The van der Waals surface area contributed by atoms with Gasteiger partial charge in [0.15, 0.2) is 6.29 Å². The zero-order valence-corrected chi connectivity index (χ0v) is 16.0. The second-order valence-electron chi connectivity index (χ2n) is 6.68. The molecule has 0 unspecified atom stereocenters. The van der Waals surface area contributed by atoms with Crippen LogP contribution in [-0.2, 0) is 19.0 Å². The SMILES string of the molecule is CCOC(OCC)c1ccc([C@H](CC(=O)[O-])NC(=O)OC(C)(C)C)cc1. The Labute approximate surface area is 154 Å². The van der Waals surface area contributed by atoms with Gasteiger partial charge < -0.3 is 29.4 Å². The molecule has 0 saturated heterocycles. The summed E-state index contributed by atoms with van der Waals surface area (Å²) in [5.41, 5.74) is 0.750. The number of carboxylic acids is 1. The Morgan fingerprint density at radius 3 is 1.96 bits per heavy atom. The van der Waals surface area contributed by atoms with Crippen molar-refractivity contribution in [3.63, 3.8) is 0 Å². The topological polar surface area (TPSA) is 96.9 Å². The van der Waals surface area contributed by atoms with Crippen molar-refractivity contribution in [2.75, 3.05) is 13.2 Å². The highest BCUT2D eigenvalue weighted by atomic mass is 16.7. The Balaban J connectivity index is 2.93. The van der Waals surface area contributed by atoms with Crippen LogP contribution in [0.3, 0.4) is 0 Å². The third-order valence-electron chi connectivity index (χ3n) is 3.31. The first-order valence-corrected chi connectivity index (χ1v) is 8.68. The number of aliphatic carboxylic acids is 1. The van der Waals surface area contributed by atoms with Crippen LogP contribution in [0.25, 0.3) is 0 Å². The Morgan fingerprint density at radius 1 is 1.04 bits per heavy atom. The number of benzene rings is 1. The minimum Gasteiger partial charge on any atom is -0.550 e. The minimum absolute atomic E-state index is 0.362. The maximum absolute atomic E-state index is 12.0. The molecule has 1 aromatic rings. The molecular formula is C19H28NO6-. The highest BCUT2D eigenvalue weighted by Gasteiger charge is 2.21. The largest absolute Gasteiger partial charge is 0.550 e. The predicted octanol–water partition coefficient (Wildman–Crippen LogP) is 2.46. The molecule has 146 valence electrons. The molecule has 0 fully saturated rings. The first-order chi connectivity index (χ1) is 12.2. The second kappa shape index (κ2) is 10.1. The molecule has 0 radical (unpaired) electrons. The molecule has 1 amide bonds. The van der Waals surface area contributed by atoms with Gasteiger partial charge in [-0.3, -0.25) is 0 Å². The van der Waals surface area contributed by atoms with Gasteiger partial charge in [-0.15, -0.1) is 0 Å². The number of ether oxygens (including phenoxy) is 3. The van der Waals surface area contributed by atoms with Crippen LogP contribution in [0.4, 0.5) is 4.79 Å². The molecule has 0 aromatic heterocycles. The first kappa shape index (κ1) is 21.9. The fraction of sp³-hybridized carbons (Fsp3) is 0.579. The minimum atomic E-state index is -1.27. The van der Waals surface area contributed by atoms with Crippen molar-refractivity contribution in [1.82, 2.24) is 5.32 Å². The lowest BCUT2D eigenvalue weighted by Gasteiger charge is -2.24. The van der Waals surface area contributed by atoms with Crippen molar-refractivity contribution in [3.05, 3.63) is 35.4 Å². The molecule has 0 bridgehead atoms. The Bertz CT molecular complexity index is 573. The molecule has 0 aliphatic heterocycles. The van der Waals surface area contributed by atoms with Crippen molar-refractivity contribution in [3.8, 4) is 0 Å². The highest BCUT2D eigenvalue weighted by molar-refractivity contribution is 5.71. The molecular weight excluding hydrogens is 338 g/mol. The van der Waals surface area contributed by atoms with Crippen LogP contribution < -0.4 is 10.4 Å². The zero-order valence-electron chi connectivity index (χ0n) is 16.0. The summed E-state index contributed by atoms with van der Waals surface area (Å²) in [6.07, 6.45) is -1.54. The Kier molecular flexibility index (Phi) is 8.54. The van der Waals surface area contributed by atoms with E-state index in [1.165, 1.54) is 0 Å². The molecule has 26 heavy (non-hydrogen) atoms. The summed E-state index contributed by atoms with van der Waals surface area (Å²) in [7, 11) is 0. The van der Waals surface area contributed by atoms with Crippen LogP contribution in [-0.4, -0.2) is 30.9 Å². The van der Waals surface area contributed by atoms with Gasteiger partial charge in [0, 0.05) is 31.2 Å². The average Bonchev–Trinajstić information content (AvgIpc) is 2.52. The highest BCUT2D eigenvalue weighted by Crippen LogP contribution is 2.23. The van der Waals surface area contributed by atoms with Crippen LogP contribution in [0.1, 0.15) is 64.5 Å². The monoisotopic (exact) mass is 366 g/mol. The summed E-state index contributed by atoms with van der Waals surface area (Å²) in [6.45, 7) is 9.95. The molecule has 0 heterocycles. The predicted molar refractivity (Wildman–Crippen MR) is 94.2 cm³/mol. The third-order valence-corrected chi connectivity index (χ3v) is 3.31. The lowest BCUT2D eigenvalue weighted by Crippen LogP contribution is -2.37. The van der Waals surface area contributed by atoms with E-state index in [1.807, 2.05) is 13.8 Å². The van der Waals surface area contributed by atoms with Crippen LogP contribution in [0, 0.1) is 0 Å². The number of rotatable bonds is 9. The number of hydrogen-bond donors (Lipinski definition) is 1. The summed E-state index contributed by atoms with van der Waals surface area (Å²) in [6, 6.07) is 6.26. The van der Waals surface area contributed by atoms with Gasteiger partial charge in [-0.05, 0) is 40.2 Å². The standard InChI is InChI=1S/C19H29NO6/c1-6-24-17(25-7-2)14-10-8-13(9-11-14)15(12-16(21)22)20-18(23)26-19(3,4)5/h8-11,15,17H,6-7,12H2,1-5H3,(H,20,23)(H,21,22)/p-1/t15-/m0/s1. The van der Waals surface area contributed by atoms with Crippen molar-refractivity contribution in [1.29, 1.82) is 0 Å². The number of hydrogen-bond acceptors (Lipinski definition) is 6. The molecule has 0 saturated carbocycles. The van der Waals surface area contributed by atoms with Crippen LogP contribution in [0.15, 0.2) is 24.3 Å². The molecule has 7 nitrogen and oxygen atoms in total. The summed E-state index contributed by atoms with van der Waals surface area (Å²) in [4.78, 5) is 23.0. The van der Waals surface area contributed by atoms with E-state index in [2.05, 4.69) is 5.32 Å². The summed E-state index contributed by atoms with van der Waals surface area (Å²) in [5.74, 6) is -1.27. The van der Waals surface area contributed by atoms with E-state index in [1.54, 1.807) is 45.0 Å². The number of carbonyl (C=O) groups excluding carboxylic acids is 2. The maximum atomic E-state index is 12.0. The first-order valence-electron chi connectivity index (χ1n) is 8.68. The van der Waals surface area contributed by atoms with Crippen molar-refractivity contribution >= 4 is 12.1 Å². The van der Waals surface area contributed by atoms with Gasteiger partial charge in [-0.2, -0.15) is 0 Å². The van der Waals surface area contributed by atoms with Gasteiger partial charge >= 0.3 is 6.09 Å². The van der Waals surface area contributed by atoms with E-state index in [-0.39, 0.29) is 6.42 Å². The number of amides is 1. The third kappa shape index (κ3) is 7.84. The molecule has 0 aliphatic carbocycles. The molecule has 0 aliphatic rings. The molecule has 1 atom stereocenters. The van der Waals surface area contributed by atoms with E-state index in [0.717, 1.165) is 5.56 Å². The van der Waals surface area contributed by atoms with Crippen LogP contribution in [0.2, 0.25) is 0 Å². The van der Waals surface area contributed by atoms with Crippen LogP contribution >= 0.6 is 0 Å². The van der Waals surface area contributed by atoms with Crippen molar-refractivity contribution in [2.24, 2.45) is 0 Å². The molecule has 1 N–H and O–H groups in total. The Morgan fingerprint density at radius 2 is 1.54 bits per heavy atom. The van der Waals surface area contributed by atoms with E-state index < -0.39 is 30.0 Å². The summed E-state index contributed by atoms with van der Waals surface area (Å²) >= 11 is 0. The van der Waals surface area contributed by atoms with Gasteiger partial charge in [0.25, 0.3) is 0 Å². The van der Waals surface area contributed by atoms with E-state index >= 15 is 0 Å². The summed E-state index contributed by atoms with van der Waals surface area (Å²) < 4.78 is 16.3. The van der Waals surface area contributed by atoms with E-state index in [4.69, 9.17) is 14.2 Å². The lowest BCUT2D eigenvalue weighted by atomic mass is 10.0. The van der Waals surface area contributed by atoms with Crippen molar-refractivity contribution in [2.45, 2.75) is 59.0 Å². The van der Waals surface area contributed by atoms with Gasteiger partial charge in [-0.25, -0.2) is 4.79 Å². The molecule has 1 rings (SSSR count). The summed E-state index contributed by atoms with van der Waals surface area (Å²) in [5, 5.41) is 13.6. The average molecular weight is 366 g/mol. The number of carboxylic acid groups (broad SMARTS) is 1. The lowest BCUT2D eigenvalue weighted by molar-refractivity contribution is -0.306. The van der Waals surface area contributed by atoms with Gasteiger partial charge in [-0.1, -0.05) is 24.3 Å². The van der Waals surface area contributed by atoms with Crippen molar-refractivity contribution < 1.29 is 28.9 Å². The normalized spacial score (nSPS) is 12.7. The Hall–Kier alpha value is -2.12. The number of alkyl carbamates (subject to hydrolysis) is 1. The van der Waals surface area contributed by atoms with E-state index in [0.29, 0.717) is 18.8 Å². The molecule has 0 spiro atoms. The fourth-order valence-electron chi connectivity index (χ4n) is 2.30. The number of nitrogens with one attached hydrogen (secondary N) is 1. The molecule has 1 aromatic carbocycles. The van der Waals surface area contributed by atoms with Gasteiger partial charge in [0.2, 0.25) is 0 Å². The number of carbonyl (C=O) groups is 2.